The van der Waals surface area contributed by atoms with Crippen LogP contribution >= 0.6 is 0 Å². The number of benzene rings is 2. The molecule has 0 saturated heterocycles. The number of carbonyl (C=O) groups is 1. The van der Waals surface area contributed by atoms with Crippen LogP contribution < -0.4 is 5.32 Å². The highest BCUT2D eigenvalue weighted by Gasteiger charge is 2.06. The Morgan fingerprint density at radius 1 is 1.05 bits per heavy atom. The lowest BCUT2D eigenvalue weighted by atomic mass is 10.1. The minimum atomic E-state index is -0.122. The summed E-state index contributed by atoms with van der Waals surface area (Å²) in [6, 6.07) is 14.8. The van der Waals surface area contributed by atoms with Crippen molar-refractivity contribution >= 4 is 11.6 Å². The number of rotatable bonds is 3. The van der Waals surface area contributed by atoms with E-state index < -0.39 is 0 Å². The molecule has 0 aliphatic heterocycles. The molecule has 1 aromatic heterocycles. The van der Waals surface area contributed by atoms with E-state index in [1.807, 2.05) is 49.4 Å². The zero-order chi connectivity index (χ0) is 14.7. The van der Waals surface area contributed by atoms with Crippen LogP contribution in [0.1, 0.15) is 15.9 Å². The lowest BCUT2D eigenvalue weighted by Crippen LogP contribution is -2.12. The molecule has 5 heteroatoms. The van der Waals surface area contributed by atoms with Gasteiger partial charge in [0.05, 0.1) is 18.1 Å². The largest absolute Gasteiger partial charge is 0.322 e. The summed E-state index contributed by atoms with van der Waals surface area (Å²) in [5.41, 5.74) is 3.28. The zero-order valence-corrected chi connectivity index (χ0v) is 11.5. The molecular weight excluding hydrogens is 264 g/mol. The SMILES string of the molecule is Cc1cccc(C(=O)Nc2ccc(-n3nccn3)cc2)c1. The summed E-state index contributed by atoms with van der Waals surface area (Å²) in [7, 11) is 0. The Bertz CT molecular complexity index is 748. The number of carbonyl (C=O) groups excluding carboxylic acids is 1. The van der Waals surface area contributed by atoms with Crippen molar-refractivity contribution in [3.05, 3.63) is 72.1 Å². The molecule has 104 valence electrons. The van der Waals surface area contributed by atoms with E-state index >= 15 is 0 Å². The molecule has 3 rings (SSSR count). The maximum Gasteiger partial charge on any atom is 0.255 e. The molecule has 1 N–H and O–H groups in total. The molecule has 0 atom stereocenters. The zero-order valence-electron chi connectivity index (χ0n) is 11.5. The fourth-order valence-electron chi connectivity index (χ4n) is 2.02. The van der Waals surface area contributed by atoms with Gasteiger partial charge in [0.25, 0.3) is 5.91 Å². The number of nitrogens with one attached hydrogen (secondary N) is 1. The fraction of sp³-hybridized carbons (Fsp3) is 0.0625. The normalized spacial score (nSPS) is 10.3. The molecule has 0 aliphatic rings. The van der Waals surface area contributed by atoms with Crippen LogP contribution in [0.3, 0.4) is 0 Å². The number of aryl methyl sites for hydroxylation is 1. The van der Waals surface area contributed by atoms with Gasteiger partial charge in [-0.15, -0.1) is 0 Å². The van der Waals surface area contributed by atoms with Crippen molar-refractivity contribution in [1.29, 1.82) is 0 Å². The third-order valence-electron chi connectivity index (χ3n) is 3.06. The number of nitrogens with zero attached hydrogens (tertiary/aromatic N) is 3. The molecule has 0 saturated carbocycles. The third kappa shape index (κ3) is 2.97. The highest BCUT2D eigenvalue weighted by Crippen LogP contribution is 2.13. The fourth-order valence-corrected chi connectivity index (χ4v) is 2.02. The van der Waals surface area contributed by atoms with Crippen molar-refractivity contribution in [2.24, 2.45) is 0 Å². The summed E-state index contributed by atoms with van der Waals surface area (Å²) in [6.45, 7) is 1.96. The van der Waals surface area contributed by atoms with Crippen molar-refractivity contribution < 1.29 is 4.79 Å². The monoisotopic (exact) mass is 278 g/mol. The van der Waals surface area contributed by atoms with Crippen LogP contribution in [0, 0.1) is 6.92 Å². The Balaban J connectivity index is 1.75. The van der Waals surface area contributed by atoms with Crippen molar-refractivity contribution in [3.8, 4) is 5.69 Å². The first-order chi connectivity index (χ1) is 10.2. The standard InChI is InChI=1S/C16H14N4O/c1-12-3-2-4-13(11-12)16(21)19-14-5-7-15(8-6-14)20-17-9-10-18-20/h2-11H,1H3,(H,19,21). The molecule has 0 spiro atoms. The average molecular weight is 278 g/mol. The highest BCUT2D eigenvalue weighted by molar-refractivity contribution is 6.04. The molecule has 1 heterocycles. The van der Waals surface area contributed by atoms with Crippen molar-refractivity contribution in [2.75, 3.05) is 5.32 Å². The van der Waals surface area contributed by atoms with Gasteiger partial charge in [-0.3, -0.25) is 4.79 Å². The van der Waals surface area contributed by atoms with Crippen LogP contribution in [0.15, 0.2) is 60.9 Å². The number of hydrogen-bond acceptors (Lipinski definition) is 3. The Kier molecular flexibility index (Phi) is 3.47. The van der Waals surface area contributed by atoms with E-state index in [9.17, 15) is 4.79 Å². The van der Waals surface area contributed by atoms with Gasteiger partial charge in [-0.05, 0) is 43.3 Å². The summed E-state index contributed by atoms with van der Waals surface area (Å²) < 4.78 is 0. The average Bonchev–Trinajstić information content (AvgIpc) is 3.02. The van der Waals surface area contributed by atoms with Gasteiger partial charge in [-0.2, -0.15) is 15.0 Å². The van der Waals surface area contributed by atoms with E-state index in [1.165, 1.54) is 4.80 Å². The van der Waals surface area contributed by atoms with E-state index in [2.05, 4.69) is 15.5 Å². The highest BCUT2D eigenvalue weighted by atomic mass is 16.1. The van der Waals surface area contributed by atoms with E-state index in [-0.39, 0.29) is 5.91 Å². The summed E-state index contributed by atoms with van der Waals surface area (Å²) in [5.74, 6) is -0.122. The van der Waals surface area contributed by atoms with Crippen LogP contribution in [0.4, 0.5) is 5.69 Å². The van der Waals surface area contributed by atoms with Gasteiger partial charge < -0.3 is 5.32 Å². The number of amides is 1. The Labute approximate surface area is 122 Å². The number of aromatic nitrogens is 3. The first kappa shape index (κ1) is 13.1. The lowest BCUT2D eigenvalue weighted by Gasteiger charge is -2.07. The topological polar surface area (TPSA) is 59.8 Å². The van der Waals surface area contributed by atoms with Crippen LogP contribution in [-0.4, -0.2) is 20.9 Å². The van der Waals surface area contributed by atoms with Gasteiger partial charge in [0, 0.05) is 11.3 Å². The Morgan fingerprint density at radius 3 is 2.43 bits per heavy atom. The number of anilines is 1. The minimum absolute atomic E-state index is 0.122. The second-order valence-electron chi connectivity index (χ2n) is 4.69. The molecule has 1 amide bonds. The molecule has 0 fully saturated rings. The van der Waals surface area contributed by atoms with Crippen molar-refractivity contribution in [2.45, 2.75) is 6.92 Å². The molecule has 0 radical (unpaired) electrons. The van der Waals surface area contributed by atoms with Crippen LogP contribution in [-0.2, 0) is 0 Å². The molecule has 21 heavy (non-hydrogen) atoms. The Morgan fingerprint density at radius 2 is 1.76 bits per heavy atom. The predicted octanol–water partition coefficient (Wildman–Crippen LogP) is 2.83. The second-order valence-corrected chi connectivity index (χ2v) is 4.69. The van der Waals surface area contributed by atoms with Crippen molar-refractivity contribution in [1.82, 2.24) is 15.0 Å². The molecule has 0 bridgehead atoms. The first-order valence-corrected chi connectivity index (χ1v) is 6.57. The van der Waals surface area contributed by atoms with Gasteiger partial charge in [0.2, 0.25) is 0 Å². The molecule has 0 aliphatic carbocycles. The molecule has 2 aromatic carbocycles. The van der Waals surface area contributed by atoms with Gasteiger partial charge in [0.1, 0.15) is 0 Å². The molecule has 5 nitrogen and oxygen atoms in total. The maximum atomic E-state index is 12.1. The van der Waals surface area contributed by atoms with Gasteiger partial charge in [-0.25, -0.2) is 0 Å². The third-order valence-corrected chi connectivity index (χ3v) is 3.06. The number of hydrogen-bond donors (Lipinski definition) is 1. The Hall–Kier alpha value is -2.95. The van der Waals surface area contributed by atoms with E-state index in [0.717, 1.165) is 16.9 Å². The first-order valence-electron chi connectivity index (χ1n) is 6.57. The molecular formula is C16H14N4O. The molecule has 0 unspecified atom stereocenters. The molecule has 3 aromatic rings. The van der Waals surface area contributed by atoms with Crippen LogP contribution in [0.25, 0.3) is 5.69 Å². The summed E-state index contributed by atoms with van der Waals surface area (Å²) in [5, 5.41) is 11.0. The summed E-state index contributed by atoms with van der Waals surface area (Å²) in [4.78, 5) is 13.7. The minimum Gasteiger partial charge on any atom is -0.322 e. The van der Waals surface area contributed by atoms with E-state index in [4.69, 9.17) is 0 Å². The van der Waals surface area contributed by atoms with Gasteiger partial charge in [-0.1, -0.05) is 17.7 Å². The quantitative estimate of drug-likeness (QED) is 0.801. The van der Waals surface area contributed by atoms with Crippen LogP contribution in [0.2, 0.25) is 0 Å². The van der Waals surface area contributed by atoms with Crippen molar-refractivity contribution in [3.63, 3.8) is 0 Å². The smallest absolute Gasteiger partial charge is 0.255 e. The van der Waals surface area contributed by atoms with E-state index in [0.29, 0.717) is 5.56 Å². The summed E-state index contributed by atoms with van der Waals surface area (Å²) in [6.07, 6.45) is 3.24. The lowest BCUT2D eigenvalue weighted by molar-refractivity contribution is 0.102. The maximum absolute atomic E-state index is 12.1. The predicted molar refractivity (Wildman–Crippen MR) is 80.5 cm³/mol. The van der Waals surface area contributed by atoms with Crippen LogP contribution in [0.5, 0.6) is 0 Å². The second kappa shape index (κ2) is 5.58. The van der Waals surface area contributed by atoms with Gasteiger partial charge in [0.15, 0.2) is 0 Å². The van der Waals surface area contributed by atoms with Gasteiger partial charge >= 0.3 is 0 Å². The summed E-state index contributed by atoms with van der Waals surface area (Å²) >= 11 is 0. The van der Waals surface area contributed by atoms with E-state index in [1.54, 1.807) is 18.5 Å².